The fourth-order valence-corrected chi connectivity index (χ4v) is 2.25. The van der Waals surface area contributed by atoms with Crippen LogP contribution >= 0.6 is 0 Å². The molecule has 1 N–H and O–H groups in total. The van der Waals surface area contributed by atoms with Gasteiger partial charge >= 0.3 is 0 Å². The normalized spacial score (nSPS) is 13.7. The van der Waals surface area contributed by atoms with E-state index in [1.807, 2.05) is 13.8 Å². The molecular weight excluding hydrogens is 238 g/mol. The molecule has 0 aliphatic carbocycles. The lowest BCUT2D eigenvalue weighted by molar-refractivity contribution is -0.107. The van der Waals surface area contributed by atoms with Gasteiger partial charge < -0.3 is 9.84 Å². The highest BCUT2D eigenvalue weighted by atomic mass is 19.1. The van der Waals surface area contributed by atoms with Crippen LogP contribution < -0.4 is 0 Å². The maximum absolute atomic E-state index is 13.5. The van der Waals surface area contributed by atoms with Crippen molar-refractivity contribution >= 4 is 0 Å². The van der Waals surface area contributed by atoms with E-state index in [-0.39, 0.29) is 12.0 Å². The molecule has 1 aromatic carbocycles. The van der Waals surface area contributed by atoms with Gasteiger partial charge in [0.2, 0.25) is 0 Å². The summed E-state index contributed by atoms with van der Waals surface area (Å²) < 4.78 is 32.4. The van der Waals surface area contributed by atoms with Gasteiger partial charge in [0, 0.05) is 19.1 Å². The topological polar surface area (TPSA) is 29.5 Å². The van der Waals surface area contributed by atoms with E-state index in [9.17, 15) is 13.9 Å². The third kappa shape index (κ3) is 2.87. The molecule has 0 fully saturated rings. The van der Waals surface area contributed by atoms with E-state index in [0.717, 1.165) is 0 Å². The van der Waals surface area contributed by atoms with Crippen LogP contribution in [0.25, 0.3) is 0 Å². The lowest BCUT2D eigenvalue weighted by Gasteiger charge is -2.35. The molecule has 2 nitrogen and oxygen atoms in total. The molecule has 0 spiro atoms. The van der Waals surface area contributed by atoms with Crippen LogP contribution in [0.3, 0.4) is 0 Å². The van der Waals surface area contributed by atoms with Crippen molar-refractivity contribution in [2.75, 3.05) is 7.11 Å². The molecule has 0 saturated carbocycles. The molecule has 0 heterocycles. The van der Waals surface area contributed by atoms with Gasteiger partial charge in [0.25, 0.3) is 0 Å². The largest absolute Gasteiger partial charge is 0.390 e. The predicted octanol–water partition coefficient (Wildman–Crippen LogP) is 3.07. The van der Waals surface area contributed by atoms with Crippen molar-refractivity contribution in [1.82, 2.24) is 0 Å². The smallest absolute Gasteiger partial charge is 0.129 e. The maximum Gasteiger partial charge on any atom is 0.129 e. The van der Waals surface area contributed by atoms with Gasteiger partial charge in [0.1, 0.15) is 11.6 Å². The molecule has 1 atom stereocenters. The molecule has 0 aliphatic rings. The summed E-state index contributed by atoms with van der Waals surface area (Å²) in [5.74, 6) is -1.27. The fraction of sp³-hybridized carbons (Fsp3) is 0.571. The van der Waals surface area contributed by atoms with Gasteiger partial charge in [-0.05, 0) is 25.0 Å². The highest BCUT2D eigenvalue weighted by molar-refractivity contribution is 5.21. The van der Waals surface area contributed by atoms with Crippen LogP contribution in [0.5, 0.6) is 0 Å². The first-order valence-corrected chi connectivity index (χ1v) is 6.16. The number of halogens is 2. The molecular formula is C14H20F2O2. The van der Waals surface area contributed by atoms with Gasteiger partial charge in [-0.2, -0.15) is 0 Å². The summed E-state index contributed by atoms with van der Waals surface area (Å²) in [6.45, 7) is 3.77. The molecule has 0 bridgehead atoms. The van der Waals surface area contributed by atoms with E-state index >= 15 is 0 Å². The van der Waals surface area contributed by atoms with Crippen molar-refractivity contribution in [3.8, 4) is 0 Å². The average Bonchev–Trinajstić information content (AvgIpc) is 2.37. The quantitative estimate of drug-likeness (QED) is 0.849. The summed E-state index contributed by atoms with van der Waals surface area (Å²) >= 11 is 0. The summed E-state index contributed by atoms with van der Waals surface area (Å²) in [6.07, 6.45) is 0.131. The standard InChI is InChI=1S/C14H20F2O2/c1-4-14(5-2,18-3)13(17)9-10-11(15)7-6-8-12(10)16/h6-8,13,17H,4-5,9H2,1-3H3. The van der Waals surface area contributed by atoms with E-state index in [4.69, 9.17) is 4.74 Å². The summed E-state index contributed by atoms with van der Waals surface area (Å²) in [5.41, 5.74) is -0.845. The van der Waals surface area contributed by atoms with Crippen molar-refractivity contribution in [3.05, 3.63) is 35.4 Å². The number of aliphatic hydroxyl groups excluding tert-OH is 1. The van der Waals surface area contributed by atoms with Gasteiger partial charge in [-0.25, -0.2) is 8.78 Å². The lowest BCUT2D eigenvalue weighted by Crippen LogP contribution is -2.44. The van der Waals surface area contributed by atoms with E-state index in [0.29, 0.717) is 12.8 Å². The minimum absolute atomic E-state index is 0.0893. The molecule has 1 unspecified atom stereocenters. The van der Waals surface area contributed by atoms with Gasteiger partial charge in [0.15, 0.2) is 0 Å². The molecule has 4 heteroatoms. The van der Waals surface area contributed by atoms with Crippen molar-refractivity contribution in [1.29, 1.82) is 0 Å². The number of aliphatic hydroxyl groups is 1. The SMILES string of the molecule is CCC(CC)(OC)C(O)Cc1c(F)cccc1F. The Morgan fingerprint density at radius 1 is 1.22 bits per heavy atom. The van der Waals surface area contributed by atoms with Gasteiger partial charge in [-0.15, -0.1) is 0 Å². The molecule has 1 aromatic rings. The van der Waals surface area contributed by atoms with Gasteiger partial charge in [-0.3, -0.25) is 0 Å². The Bertz CT molecular complexity index is 361. The molecule has 0 aliphatic heterocycles. The minimum Gasteiger partial charge on any atom is -0.390 e. The predicted molar refractivity (Wildman–Crippen MR) is 66.4 cm³/mol. The first kappa shape index (κ1) is 15.1. The summed E-state index contributed by atoms with van der Waals surface area (Å²) in [6, 6.07) is 3.69. The first-order chi connectivity index (χ1) is 8.50. The van der Waals surface area contributed by atoms with Crippen LogP contribution in [-0.4, -0.2) is 23.9 Å². The van der Waals surface area contributed by atoms with E-state index in [1.54, 1.807) is 0 Å². The number of rotatable bonds is 6. The Labute approximate surface area is 107 Å². The van der Waals surface area contributed by atoms with Gasteiger partial charge in [0.05, 0.1) is 11.7 Å². The Hall–Kier alpha value is -1.00. The number of hydrogen-bond donors (Lipinski definition) is 1. The van der Waals surface area contributed by atoms with Crippen molar-refractivity contribution in [3.63, 3.8) is 0 Å². The van der Waals surface area contributed by atoms with Crippen LogP contribution in [0.2, 0.25) is 0 Å². The minimum atomic E-state index is -0.941. The van der Waals surface area contributed by atoms with Crippen molar-refractivity contribution < 1.29 is 18.6 Å². The zero-order chi connectivity index (χ0) is 13.8. The number of ether oxygens (including phenoxy) is 1. The Kier molecular flexibility index (Phi) is 5.23. The summed E-state index contributed by atoms with van der Waals surface area (Å²) in [7, 11) is 1.51. The maximum atomic E-state index is 13.5. The van der Waals surface area contributed by atoms with E-state index in [2.05, 4.69) is 0 Å². The van der Waals surface area contributed by atoms with Crippen LogP contribution in [0.1, 0.15) is 32.3 Å². The molecule has 0 saturated heterocycles. The van der Waals surface area contributed by atoms with Gasteiger partial charge in [-0.1, -0.05) is 19.9 Å². The molecule has 102 valence electrons. The van der Waals surface area contributed by atoms with Crippen LogP contribution in [0.15, 0.2) is 18.2 Å². The third-order valence-corrected chi connectivity index (χ3v) is 3.67. The number of methoxy groups -OCH3 is 1. The second-order valence-corrected chi connectivity index (χ2v) is 4.40. The molecule has 18 heavy (non-hydrogen) atoms. The first-order valence-electron chi connectivity index (χ1n) is 6.16. The second kappa shape index (κ2) is 6.25. The Morgan fingerprint density at radius 2 is 1.72 bits per heavy atom. The van der Waals surface area contributed by atoms with E-state index in [1.165, 1.54) is 25.3 Å². The highest BCUT2D eigenvalue weighted by Gasteiger charge is 2.35. The zero-order valence-electron chi connectivity index (χ0n) is 11.0. The molecule has 0 radical (unpaired) electrons. The summed E-state index contributed by atoms with van der Waals surface area (Å²) in [4.78, 5) is 0. The van der Waals surface area contributed by atoms with Crippen LogP contribution in [-0.2, 0) is 11.2 Å². The molecule has 1 rings (SSSR count). The van der Waals surface area contributed by atoms with E-state index < -0.39 is 23.3 Å². The molecule has 0 aromatic heterocycles. The Morgan fingerprint density at radius 3 is 2.11 bits per heavy atom. The lowest BCUT2D eigenvalue weighted by atomic mass is 9.86. The second-order valence-electron chi connectivity index (χ2n) is 4.40. The summed E-state index contributed by atoms with van der Waals surface area (Å²) in [5, 5.41) is 10.2. The monoisotopic (exact) mass is 258 g/mol. The van der Waals surface area contributed by atoms with Crippen molar-refractivity contribution in [2.45, 2.75) is 44.8 Å². The highest BCUT2D eigenvalue weighted by Crippen LogP contribution is 2.27. The van der Waals surface area contributed by atoms with Crippen LogP contribution in [0, 0.1) is 11.6 Å². The number of benzene rings is 1. The third-order valence-electron chi connectivity index (χ3n) is 3.67. The van der Waals surface area contributed by atoms with Crippen molar-refractivity contribution in [2.24, 2.45) is 0 Å². The Balaban J connectivity index is 2.96. The average molecular weight is 258 g/mol. The van der Waals surface area contributed by atoms with Crippen LogP contribution in [0.4, 0.5) is 8.78 Å². The number of hydrogen-bond acceptors (Lipinski definition) is 2. The molecule has 0 amide bonds. The zero-order valence-corrected chi connectivity index (χ0v) is 11.0. The fourth-order valence-electron chi connectivity index (χ4n) is 2.25.